The molecule has 0 aliphatic carbocycles. The Balaban J connectivity index is 1.23. The summed E-state index contributed by atoms with van der Waals surface area (Å²) in [7, 11) is 0. The summed E-state index contributed by atoms with van der Waals surface area (Å²) < 4.78 is 58.1. The van der Waals surface area contributed by atoms with Crippen LogP contribution in [0.2, 0.25) is 5.15 Å². The maximum absolute atomic E-state index is 14.7. The highest BCUT2D eigenvalue weighted by Crippen LogP contribution is 2.23. The minimum atomic E-state index is -4.84. The van der Waals surface area contributed by atoms with Crippen LogP contribution in [0.3, 0.4) is 0 Å². The van der Waals surface area contributed by atoms with Gasteiger partial charge in [0.25, 0.3) is 11.5 Å². The molecule has 2 N–H and O–H groups in total. The molecule has 2 amide bonds. The number of carbonyl (C=O) groups is 2. The lowest BCUT2D eigenvalue weighted by molar-refractivity contribution is -0.274. The second-order valence-electron chi connectivity index (χ2n) is 9.22. The maximum Gasteiger partial charge on any atom is 0.573 e. The minimum Gasteiger partial charge on any atom is -0.406 e. The van der Waals surface area contributed by atoms with Crippen molar-refractivity contribution < 1.29 is 31.9 Å². The molecule has 0 spiro atoms. The molecule has 16 heteroatoms. The number of alkyl halides is 4. The molecule has 0 aliphatic heterocycles. The van der Waals surface area contributed by atoms with E-state index in [4.69, 9.17) is 11.6 Å². The Kier molecular flexibility index (Phi) is 10.1. The molecule has 0 radical (unpaired) electrons. The van der Waals surface area contributed by atoms with Crippen molar-refractivity contribution in [3.05, 3.63) is 99.4 Å². The van der Waals surface area contributed by atoms with Crippen LogP contribution in [-0.4, -0.2) is 48.9 Å². The molecular formula is C27H24ClF4N7O4. The number of aromatic nitrogens is 5. The molecular weight excluding hydrogens is 598 g/mol. The molecule has 4 rings (SSSR count). The van der Waals surface area contributed by atoms with Crippen LogP contribution in [-0.2, 0) is 30.8 Å². The van der Waals surface area contributed by atoms with Gasteiger partial charge in [0, 0.05) is 37.2 Å². The number of halogens is 5. The first-order valence-corrected chi connectivity index (χ1v) is 13.1. The number of rotatable bonds is 12. The Morgan fingerprint density at radius 3 is 2.67 bits per heavy atom. The number of nitrogens with one attached hydrogen (secondary N) is 2. The van der Waals surface area contributed by atoms with E-state index in [2.05, 4.69) is 30.7 Å². The molecule has 0 fully saturated rings. The largest absolute Gasteiger partial charge is 0.573 e. The van der Waals surface area contributed by atoms with E-state index >= 15 is 0 Å². The van der Waals surface area contributed by atoms with Gasteiger partial charge in [0.15, 0.2) is 5.69 Å². The van der Waals surface area contributed by atoms with E-state index in [-0.39, 0.29) is 54.9 Å². The summed E-state index contributed by atoms with van der Waals surface area (Å²) in [5.74, 6) is -1.47. The molecule has 1 unspecified atom stereocenters. The summed E-state index contributed by atoms with van der Waals surface area (Å²) in [6.45, 7) is -0.307. The zero-order valence-electron chi connectivity index (χ0n) is 22.2. The van der Waals surface area contributed by atoms with Gasteiger partial charge >= 0.3 is 6.36 Å². The molecule has 0 bridgehead atoms. The standard InChI is InChI=1S/C27H24ClF4N7O4/c28-25-18(4-2-8-33-25)12-23(40)35-20-7-10-38(24(41)13-20)9-6-19(29)15-39-16-22(36-37-39)26(42)34-14-17-3-1-5-21(11-17)43-27(30,31)32/h1-5,7-8,10-11,13,16,19H,6,9,12,14-15H2,(H,34,42)(H,35,40). The average molecular weight is 622 g/mol. The SMILES string of the molecule is O=C(Cc1cccnc1Cl)Nc1ccn(CCC(F)Cn2cc(C(=O)NCc3cccc(OC(F)(F)F)c3)nn2)c(=O)c1. The zero-order valence-corrected chi connectivity index (χ0v) is 23.0. The molecule has 0 saturated heterocycles. The zero-order chi connectivity index (χ0) is 31.0. The van der Waals surface area contributed by atoms with Crippen LogP contribution in [0.1, 0.15) is 28.0 Å². The molecule has 1 atom stereocenters. The third-order valence-electron chi connectivity index (χ3n) is 5.89. The first-order chi connectivity index (χ1) is 20.4. The molecule has 11 nitrogen and oxygen atoms in total. The molecule has 0 saturated carbocycles. The summed E-state index contributed by atoms with van der Waals surface area (Å²) in [5.41, 5.74) is 0.605. The summed E-state index contributed by atoms with van der Waals surface area (Å²) in [4.78, 5) is 41.0. The van der Waals surface area contributed by atoms with Crippen molar-refractivity contribution in [3.63, 3.8) is 0 Å². The fraction of sp³-hybridized carbons (Fsp3) is 0.259. The second-order valence-corrected chi connectivity index (χ2v) is 9.57. The van der Waals surface area contributed by atoms with Crippen molar-refractivity contribution in [3.8, 4) is 5.75 Å². The number of hydrogen-bond donors (Lipinski definition) is 2. The van der Waals surface area contributed by atoms with E-state index in [9.17, 15) is 31.9 Å². The number of aryl methyl sites for hydroxylation is 1. The number of amides is 2. The molecule has 3 aromatic heterocycles. The lowest BCUT2D eigenvalue weighted by Crippen LogP contribution is -2.24. The molecule has 4 aromatic rings. The van der Waals surface area contributed by atoms with Crippen molar-refractivity contribution in [2.45, 2.75) is 45.0 Å². The Morgan fingerprint density at radius 1 is 1.12 bits per heavy atom. The molecule has 226 valence electrons. The van der Waals surface area contributed by atoms with E-state index in [0.29, 0.717) is 11.1 Å². The smallest absolute Gasteiger partial charge is 0.406 e. The highest BCUT2D eigenvalue weighted by Gasteiger charge is 2.31. The van der Waals surface area contributed by atoms with E-state index < -0.39 is 29.7 Å². The van der Waals surface area contributed by atoms with Crippen molar-refractivity contribution in [2.75, 3.05) is 5.32 Å². The number of ether oxygens (including phenoxy) is 1. The lowest BCUT2D eigenvalue weighted by atomic mass is 10.2. The van der Waals surface area contributed by atoms with Gasteiger partial charge < -0.3 is 19.9 Å². The van der Waals surface area contributed by atoms with Gasteiger partial charge in [-0.25, -0.2) is 14.1 Å². The number of anilines is 1. The monoisotopic (exact) mass is 621 g/mol. The predicted octanol–water partition coefficient (Wildman–Crippen LogP) is 3.93. The van der Waals surface area contributed by atoms with Crippen LogP contribution in [0.4, 0.5) is 23.2 Å². The van der Waals surface area contributed by atoms with Gasteiger partial charge in [0.05, 0.1) is 19.2 Å². The number of hydrogen-bond acceptors (Lipinski definition) is 7. The van der Waals surface area contributed by atoms with Crippen molar-refractivity contribution >= 4 is 29.1 Å². The number of carbonyl (C=O) groups excluding carboxylic acids is 2. The number of benzene rings is 1. The van der Waals surface area contributed by atoms with Crippen LogP contribution >= 0.6 is 11.6 Å². The number of pyridine rings is 2. The normalized spacial score (nSPS) is 12.0. The molecule has 0 aliphatic rings. The van der Waals surface area contributed by atoms with Gasteiger partial charge in [-0.2, -0.15) is 0 Å². The fourth-order valence-corrected chi connectivity index (χ4v) is 4.08. The molecule has 1 aromatic carbocycles. The lowest BCUT2D eigenvalue weighted by Gasteiger charge is -2.11. The first-order valence-electron chi connectivity index (χ1n) is 12.7. The van der Waals surface area contributed by atoms with E-state index in [1.165, 1.54) is 47.4 Å². The van der Waals surface area contributed by atoms with E-state index in [0.717, 1.165) is 16.8 Å². The summed E-state index contributed by atoms with van der Waals surface area (Å²) in [6, 6.07) is 11.2. The van der Waals surface area contributed by atoms with Crippen LogP contribution < -0.4 is 20.9 Å². The van der Waals surface area contributed by atoms with Crippen molar-refractivity contribution in [2.24, 2.45) is 0 Å². The molecule has 3 heterocycles. The Hall–Kier alpha value is -4.79. The van der Waals surface area contributed by atoms with Gasteiger partial charge in [-0.1, -0.05) is 35.0 Å². The van der Waals surface area contributed by atoms with Crippen LogP contribution in [0, 0.1) is 0 Å². The van der Waals surface area contributed by atoms with E-state index in [1.54, 1.807) is 12.1 Å². The minimum absolute atomic E-state index is 0.0282. The third kappa shape index (κ3) is 9.63. The van der Waals surface area contributed by atoms with Gasteiger partial charge in [0.2, 0.25) is 5.91 Å². The Labute approximate surface area is 246 Å². The van der Waals surface area contributed by atoms with Crippen LogP contribution in [0.15, 0.2) is 71.9 Å². The van der Waals surface area contributed by atoms with Crippen LogP contribution in [0.5, 0.6) is 5.75 Å². The van der Waals surface area contributed by atoms with Gasteiger partial charge in [0.1, 0.15) is 17.1 Å². The topological polar surface area (TPSA) is 133 Å². The van der Waals surface area contributed by atoms with Gasteiger partial charge in [-0.15, -0.1) is 18.3 Å². The van der Waals surface area contributed by atoms with Crippen LogP contribution in [0.25, 0.3) is 0 Å². The summed E-state index contributed by atoms with van der Waals surface area (Å²) in [6.07, 6.45) is -2.19. The molecule has 43 heavy (non-hydrogen) atoms. The maximum atomic E-state index is 14.7. The predicted molar refractivity (Wildman–Crippen MR) is 146 cm³/mol. The highest BCUT2D eigenvalue weighted by atomic mass is 35.5. The Morgan fingerprint density at radius 2 is 1.93 bits per heavy atom. The first kappa shape index (κ1) is 31.2. The number of nitrogens with zero attached hydrogens (tertiary/aromatic N) is 5. The van der Waals surface area contributed by atoms with Gasteiger partial charge in [-0.05, 0) is 41.8 Å². The van der Waals surface area contributed by atoms with Gasteiger partial charge in [-0.3, -0.25) is 14.4 Å². The average Bonchev–Trinajstić information content (AvgIpc) is 3.40. The van der Waals surface area contributed by atoms with Crippen molar-refractivity contribution in [1.82, 2.24) is 29.9 Å². The quantitative estimate of drug-likeness (QED) is 0.181. The second kappa shape index (κ2) is 13.9. The van der Waals surface area contributed by atoms with Crippen molar-refractivity contribution in [1.29, 1.82) is 0 Å². The summed E-state index contributed by atoms with van der Waals surface area (Å²) >= 11 is 5.96. The third-order valence-corrected chi connectivity index (χ3v) is 6.23. The van der Waals surface area contributed by atoms with E-state index in [1.807, 2.05) is 0 Å². The summed E-state index contributed by atoms with van der Waals surface area (Å²) in [5, 5.41) is 12.8. The fourth-order valence-electron chi connectivity index (χ4n) is 3.89. The Bertz CT molecular complexity index is 1640. The highest BCUT2D eigenvalue weighted by molar-refractivity contribution is 6.30.